The number of benzene rings is 2. The van der Waals surface area contributed by atoms with Crippen molar-refractivity contribution >= 4 is 27.4 Å². The van der Waals surface area contributed by atoms with Gasteiger partial charge in [-0.1, -0.05) is 23.5 Å². The van der Waals surface area contributed by atoms with Crippen molar-refractivity contribution in [3.05, 3.63) is 59.5 Å². The maximum Gasteiger partial charge on any atom is 0.206 e. The summed E-state index contributed by atoms with van der Waals surface area (Å²) < 4.78 is 13.3. The maximum atomic E-state index is 13.3. The summed E-state index contributed by atoms with van der Waals surface area (Å²) in [5.41, 5.74) is 9.99. The molecule has 0 bridgehead atoms. The fourth-order valence-electron chi connectivity index (χ4n) is 2.95. The molecule has 8 heteroatoms. The SMILES string of the molecule is Cc1n[nH]c2ccc(-c3nnc(NC[C@@H](N)Cc4cccc(F)c4)s3)cc12. The summed E-state index contributed by atoms with van der Waals surface area (Å²) in [6, 6.07) is 12.4. The molecule has 0 fully saturated rings. The molecule has 2 aromatic carbocycles. The summed E-state index contributed by atoms with van der Waals surface area (Å²) in [5, 5.41) is 21.5. The Morgan fingerprint density at radius 3 is 2.96 bits per heavy atom. The number of halogens is 1. The van der Waals surface area contributed by atoms with Gasteiger partial charge in [0.1, 0.15) is 10.8 Å². The first-order valence-corrected chi connectivity index (χ1v) is 9.42. The minimum Gasteiger partial charge on any atom is -0.359 e. The van der Waals surface area contributed by atoms with Crippen LogP contribution in [-0.4, -0.2) is 33.0 Å². The number of aromatic amines is 1. The monoisotopic (exact) mass is 382 g/mol. The molecular weight excluding hydrogens is 363 g/mol. The highest BCUT2D eigenvalue weighted by Gasteiger charge is 2.11. The van der Waals surface area contributed by atoms with E-state index in [9.17, 15) is 4.39 Å². The third-order valence-electron chi connectivity index (χ3n) is 4.33. The molecule has 2 aromatic heterocycles. The van der Waals surface area contributed by atoms with Crippen molar-refractivity contribution in [2.75, 3.05) is 11.9 Å². The maximum absolute atomic E-state index is 13.3. The third-order valence-corrected chi connectivity index (χ3v) is 5.26. The van der Waals surface area contributed by atoms with Crippen LogP contribution in [0.4, 0.5) is 9.52 Å². The van der Waals surface area contributed by atoms with Crippen LogP contribution < -0.4 is 11.1 Å². The molecule has 138 valence electrons. The Bertz CT molecular complexity index is 1070. The number of aryl methyl sites for hydroxylation is 1. The molecule has 0 amide bonds. The van der Waals surface area contributed by atoms with Gasteiger partial charge in [0.15, 0.2) is 0 Å². The Labute approximate surface area is 159 Å². The van der Waals surface area contributed by atoms with Crippen LogP contribution in [0.5, 0.6) is 0 Å². The van der Waals surface area contributed by atoms with Gasteiger partial charge in [-0.15, -0.1) is 10.2 Å². The molecule has 0 aliphatic heterocycles. The van der Waals surface area contributed by atoms with Crippen molar-refractivity contribution in [1.82, 2.24) is 20.4 Å². The number of hydrogen-bond donors (Lipinski definition) is 3. The number of rotatable bonds is 6. The van der Waals surface area contributed by atoms with E-state index in [1.54, 1.807) is 6.07 Å². The highest BCUT2D eigenvalue weighted by atomic mass is 32.1. The summed E-state index contributed by atoms with van der Waals surface area (Å²) in [6.07, 6.45) is 0.590. The van der Waals surface area contributed by atoms with E-state index in [0.29, 0.717) is 18.1 Å². The van der Waals surface area contributed by atoms with Crippen LogP contribution in [0.25, 0.3) is 21.5 Å². The smallest absolute Gasteiger partial charge is 0.206 e. The first kappa shape index (κ1) is 17.6. The molecule has 27 heavy (non-hydrogen) atoms. The second-order valence-electron chi connectivity index (χ2n) is 6.46. The van der Waals surface area contributed by atoms with Crippen molar-refractivity contribution in [3.63, 3.8) is 0 Å². The van der Waals surface area contributed by atoms with E-state index in [1.165, 1.54) is 23.5 Å². The summed E-state index contributed by atoms with van der Waals surface area (Å²) in [4.78, 5) is 0. The normalized spacial score (nSPS) is 12.4. The van der Waals surface area contributed by atoms with Gasteiger partial charge < -0.3 is 11.1 Å². The molecule has 0 saturated heterocycles. The van der Waals surface area contributed by atoms with E-state index >= 15 is 0 Å². The van der Waals surface area contributed by atoms with E-state index in [-0.39, 0.29) is 11.9 Å². The van der Waals surface area contributed by atoms with E-state index in [2.05, 4.69) is 31.8 Å². The van der Waals surface area contributed by atoms with Crippen molar-refractivity contribution in [2.24, 2.45) is 5.73 Å². The molecule has 4 N–H and O–H groups in total. The van der Waals surface area contributed by atoms with E-state index < -0.39 is 0 Å². The van der Waals surface area contributed by atoms with Crippen LogP contribution in [-0.2, 0) is 6.42 Å². The Morgan fingerprint density at radius 2 is 2.11 bits per heavy atom. The summed E-state index contributed by atoms with van der Waals surface area (Å²) in [7, 11) is 0. The number of hydrogen-bond acceptors (Lipinski definition) is 6. The first-order valence-electron chi connectivity index (χ1n) is 8.61. The average molecular weight is 382 g/mol. The second-order valence-corrected chi connectivity index (χ2v) is 7.43. The number of aromatic nitrogens is 4. The van der Waals surface area contributed by atoms with Crippen LogP contribution >= 0.6 is 11.3 Å². The molecule has 2 heterocycles. The lowest BCUT2D eigenvalue weighted by atomic mass is 10.1. The number of H-pyrrole nitrogens is 1. The number of nitrogens with two attached hydrogens (primary N) is 1. The molecule has 0 radical (unpaired) electrons. The van der Waals surface area contributed by atoms with Crippen LogP contribution in [0.1, 0.15) is 11.3 Å². The molecule has 6 nitrogen and oxygen atoms in total. The van der Waals surface area contributed by atoms with Crippen molar-refractivity contribution in [3.8, 4) is 10.6 Å². The minimum atomic E-state index is -0.244. The van der Waals surface area contributed by atoms with Crippen molar-refractivity contribution in [2.45, 2.75) is 19.4 Å². The van der Waals surface area contributed by atoms with E-state index in [4.69, 9.17) is 5.73 Å². The minimum absolute atomic E-state index is 0.149. The first-order chi connectivity index (χ1) is 13.1. The Morgan fingerprint density at radius 1 is 1.22 bits per heavy atom. The molecule has 0 saturated carbocycles. The van der Waals surface area contributed by atoms with Crippen LogP contribution in [0.3, 0.4) is 0 Å². The van der Waals surface area contributed by atoms with Gasteiger partial charge in [-0.2, -0.15) is 5.10 Å². The zero-order chi connectivity index (χ0) is 18.8. The zero-order valence-corrected chi connectivity index (χ0v) is 15.6. The number of nitrogens with one attached hydrogen (secondary N) is 2. The average Bonchev–Trinajstić information content (AvgIpc) is 3.27. The lowest BCUT2D eigenvalue weighted by molar-refractivity contribution is 0.621. The molecule has 0 aliphatic carbocycles. The fourth-order valence-corrected chi connectivity index (χ4v) is 3.69. The van der Waals surface area contributed by atoms with Gasteiger partial charge in [0.05, 0.1) is 11.2 Å². The molecule has 4 rings (SSSR count). The summed E-state index contributed by atoms with van der Waals surface area (Å²) in [5.74, 6) is -0.244. The van der Waals surface area contributed by atoms with Crippen LogP contribution in [0, 0.1) is 12.7 Å². The van der Waals surface area contributed by atoms with Gasteiger partial charge in [0, 0.05) is 23.5 Å². The van der Waals surface area contributed by atoms with Gasteiger partial charge in [0.2, 0.25) is 5.13 Å². The third kappa shape index (κ3) is 3.96. The van der Waals surface area contributed by atoms with Gasteiger partial charge in [-0.3, -0.25) is 5.10 Å². The van der Waals surface area contributed by atoms with Crippen molar-refractivity contribution < 1.29 is 4.39 Å². The predicted octanol–water partition coefficient (Wildman–Crippen LogP) is 3.51. The van der Waals surface area contributed by atoms with Gasteiger partial charge in [-0.05, 0) is 49.2 Å². The summed E-state index contributed by atoms with van der Waals surface area (Å²) in [6.45, 7) is 2.50. The number of nitrogens with zero attached hydrogens (tertiary/aromatic N) is 3. The van der Waals surface area contributed by atoms with E-state index in [1.807, 2.05) is 25.1 Å². The Hall–Kier alpha value is -2.84. The molecule has 4 aromatic rings. The van der Waals surface area contributed by atoms with E-state index in [0.717, 1.165) is 32.7 Å². The van der Waals surface area contributed by atoms with Gasteiger partial charge in [-0.25, -0.2) is 4.39 Å². The van der Waals surface area contributed by atoms with Gasteiger partial charge >= 0.3 is 0 Å². The number of anilines is 1. The zero-order valence-electron chi connectivity index (χ0n) is 14.7. The number of fused-ring (bicyclic) bond motifs is 1. The lowest BCUT2D eigenvalue weighted by Gasteiger charge is -2.11. The highest BCUT2D eigenvalue weighted by molar-refractivity contribution is 7.18. The largest absolute Gasteiger partial charge is 0.359 e. The predicted molar refractivity (Wildman–Crippen MR) is 106 cm³/mol. The molecular formula is C19H19FN6S. The van der Waals surface area contributed by atoms with Crippen LogP contribution in [0.2, 0.25) is 0 Å². The Kier molecular flexibility index (Phi) is 4.83. The second kappa shape index (κ2) is 7.42. The van der Waals surface area contributed by atoms with Crippen molar-refractivity contribution in [1.29, 1.82) is 0 Å². The topological polar surface area (TPSA) is 92.5 Å². The fraction of sp³-hybridized carbons (Fsp3) is 0.211. The molecule has 0 unspecified atom stereocenters. The molecule has 0 aliphatic rings. The summed E-state index contributed by atoms with van der Waals surface area (Å²) >= 11 is 1.47. The molecule has 0 spiro atoms. The molecule has 1 atom stereocenters. The highest BCUT2D eigenvalue weighted by Crippen LogP contribution is 2.29. The Balaban J connectivity index is 1.40. The van der Waals surface area contributed by atoms with Crippen LogP contribution in [0.15, 0.2) is 42.5 Å². The van der Waals surface area contributed by atoms with Gasteiger partial charge in [0.25, 0.3) is 0 Å². The quantitative estimate of drug-likeness (QED) is 0.475. The lowest BCUT2D eigenvalue weighted by Crippen LogP contribution is -2.31. The standard InChI is InChI=1S/C19H19FN6S/c1-11-16-9-13(5-6-17(16)24-23-11)18-25-26-19(27-18)22-10-15(21)8-12-3-2-4-14(20)7-12/h2-7,9,15H,8,10,21H2,1H3,(H,22,26)(H,23,24)/t15-/m0/s1.